The second kappa shape index (κ2) is 14.6. The highest BCUT2D eigenvalue weighted by molar-refractivity contribution is 8.13. The summed E-state index contributed by atoms with van der Waals surface area (Å²) in [6.45, 7) is 16.7. The van der Waals surface area contributed by atoms with Gasteiger partial charge < -0.3 is 10.4 Å². The number of hydrogen-bond acceptors (Lipinski definition) is 4. The second-order valence-corrected chi connectivity index (χ2v) is 11.9. The van der Waals surface area contributed by atoms with Crippen LogP contribution in [0.4, 0.5) is 5.69 Å². The van der Waals surface area contributed by atoms with Crippen LogP contribution in [0.2, 0.25) is 5.02 Å². The average Bonchev–Trinajstić information content (AvgIpc) is 2.86. The number of nitrogens with one attached hydrogen (secondary N) is 1. The first kappa shape index (κ1) is 31.7. The van der Waals surface area contributed by atoms with E-state index in [1.54, 1.807) is 30.8 Å². The van der Waals surface area contributed by atoms with E-state index in [2.05, 4.69) is 58.1 Å². The number of halogens is 1. The highest BCUT2D eigenvalue weighted by atomic mass is 35.5. The van der Waals surface area contributed by atoms with Crippen LogP contribution in [0.15, 0.2) is 65.0 Å². The Balaban J connectivity index is 2.01. The summed E-state index contributed by atoms with van der Waals surface area (Å²) in [6, 6.07) is 12.3. The first-order valence-electron chi connectivity index (χ1n) is 13.3. The van der Waals surface area contributed by atoms with Gasteiger partial charge in [0, 0.05) is 40.4 Å². The molecule has 2 N–H and O–H groups in total. The van der Waals surface area contributed by atoms with Gasteiger partial charge in [0.05, 0.1) is 10.8 Å². The van der Waals surface area contributed by atoms with E-state index < -0.39 is 0 Å². The molecule has 0 aromatic heterocycles. The van der Waals surface area contributed by atoms with Crippen LogP contribution in [-0.2, 0) is 22.4 Å². The molecule has 2 aromatic rings. The molecular formula is C32H43ClN2O2S. The summed E-state index contributed by atoms with van der Waals surface area (Å²) in [7, 11) is 0. The fourth-order valence-electron chi connectivity index (χ4n) is 3.97. The number of hydrogen-bond donors (Lipinski definition) is 2. The summed E-state index contributed by atoms with van der Waals surface area (Å²) < 4.78 is 0. The molecule has 0 aliphatic heterocycles. The Labute approximate surface area is 238 Å². The van der Waals surface area contributed by atoms with Crippen LogP contribution in [-0.4, -0.2) is 16.1 Å². The van der Waals surface area contributed by atoms with Gasteiger partial charge in [0.25, 0.3) is 0 Å². The van der Waals surface area contributed by atoms with Gasteiger partial charge in [0.1, 0.15) is 0 Å². The maximum absolute atomic E-state index is 12.5. The summed E-state index contributed by atoms with van der Waals surface area (Å²) in [5.74, 6) is 0.436. The van der Waals surface area contributed by atoms with E-state index in [1.807, 2.05) is 32.2 Å². The molecule has 206 valence electrons. The molecule has 0 fully saturated rings. The van der Waals surface area contributed by atoms with E-state index in [0.29, 0.717) is 22.9 Å². The van der Waals surface area contributed by atoms with Gasteiger partial charge in [-0.05, 0) is 79.6 Å². The predicted octanol–water partition coefficient (Wildman–Crippen LogP) is 9.56. The lowest BCUT2D eigenvalue weighted by atomic mass is 9.77. The maximum Gasteiger partial charge on any atom is 0.227 e. The number of rotatable bonds is 11. The number of thioether (sulfide) groups is 1. The smallest absolute Gasteiger partial charge is 0.227 e. The van der Waals surface area contributed by atoms with Gasteiger partial charge in [0.15, 0.2) is 0 Å². The van der Waals surface area contributed by atoms with Crippen LogP contribution >= 0.6 is 23.4 Å². The first-order chi connectivity index (χ1) is 17.9. The molecule has 1 unspecified atom stereocenters. The van der Waals surface area contributed by atoms with Gasteiger partial charge in [-0.25, -0.2) is 0 Å². The molecule has 0 bridgehead atoms. The number of nitrogens with zero attached hydrogens (tertiary/aromatic N) is 1. The number of aliphatic hydroxyl groups is 1. The zero-order valence-corrected chi connectivity index (χ0v) is 25.7. The van der Waals surface area contributed by atoms with Crippen molar-refractivity contribution in [2.75, 3.05) is 5.32 Å². The summed E-state index contributed by atoms with van der Waals surface area (Å²) in [5, 5.41) is 14.3. The van der Waals surface area contributed by atoms with Gasteiger partial charge >= 0.3 is 0 Å². The first-order valence-corrected chi connectivity index (χ1v) is 14.7. The standard InChI is InChI=1S/C32H43ClN2O2S/c1-9-11-29(36)16-22(4)31(37)35-28-15-13-26(30(33)18-28)20-38-24(6)34-19-23(5)32(7,8)27-14-12-21(3)25(10-2)17-27/h11-15,17-19,22,36H,9-10,16,20H2,1-8H3,(H,35,37)/b23-19+,29-11+,34-24?. The zero-order valence-electron chi connectivity index (χ0n) is 24.1. The number of aliphatic imine (C=N–C) groups is 1. The number of allylic oxidation sites excluding steroid dienone is 3. The monoisotopic (exact) mass is 554 g/mol. The van der Waals surface area contributed by atoms with Crippen LogP contribution in [0.1, 0.15) is 83.6 Å². The molecule has 0 radical (unpaired) electrons. The largest absolute Gasteiger partial charge is 0.513 e. The lowest BCUT2D eigenvalue weighted by molar-refractivity contribution is -0.119. The molecule has 38 heavy (non-hydrogen) atoms. The quantitative estimate of drug-likeness (QED) is 0.165. The summed E-state index contributed by atoms with van der Waals surface area (Å²) in [5.41, 5.74) is 6.74. The van der Waals surface area contributed by atoms with Crippen molar-refractivity contribution in [1.29, 1.82) is 0 Å². The van der Waals surface area contributed by atoms with Gasteiger partial charge in [-0.15, -0.1) is 11.8 Å². The highest BCUT2D eigenvalue weighted by Crippen LogP contribution is 2.33. The Morgan fingerprint density at radius 1 is 1.16 bits per heavy atom. The lowest BCUT2D eigenvalue weighted by Crippen LogP contribution is -2.20. The zero-order chi connectivity index (χ0) is 28.5. The number of aryl methyl sites for hydroxylation is 2. The topological polar surface area (TPSA) is 61.7 Å². The molecule has 6 heteroatoms. The molecular weight excluding hydrogens is 512 g/mol. The predicted molar refractivity (Wildman–Crippen MR) is 167 cm³/mol. The van der Waals surface area contributed by atoms with Crippen molar-refractivity contribution in [3.63, 3.8) is 0 Å². The summed E-state index contributed by atoms with van der Waals surface area (Å²) in [6.07, 6.45) is 5.78. The van der Waals surface area contributed by atoms with E-state index in [4.69, 9.17) is 16.6 Å². The Morgan fingerprint density at radius 2 is 1.87 bits per heavy atom. The van der Waals surface area contributed by atoms with Gasteiger partial charge in [-0.2, -0.15) is 0 Å². The number of carbonyl (C=O) groups excluding carboxylic acids is 1. The van der Waals surface area contributed by atoms with E-state index in [-0.39, 0.29) is 23.0 Å². The van der Waals surface area contributed by atoms with E-state index in [9.17, 15) is 9.90 Å². The van der Waals surface area contributed by atoms with Crippen molar-refractivity contribution in [2.24, 2.45) is 10.9 Å². The van der Waals surface area contributed by atoms with Crippen molar-refractivity contribution in [2.45, 2.75) is 85.8 Å². The van der Waals surface area contributed by atoms with Crippen molar-refractivity contribution in [3.8, 4) is 0 Å². The van der Waals surface area contributed by atoms with E-state index in [1.165, 1.54) is 22.3 Å². The number of amides is 1. The van der Waals surface area contributed by atoms with Gasteiger partial charge in [-0.1, -0.05) is 70.5 Å². The van der Waals surface area contributed by atoms with Crippen molar-refractivity contribution < 1.29 is 9.90 Å². The molecule has 4 nitrogen and oxygen atoms in total. The minimum atomic E-state index is -0.341. The number of aliphatic hydroxyl groups excluding tert-OH is 1. The normalized spacial score (nSPS) is 14.0. The van der Waals surface area contributed by atoms with Crippen molar-refractivity contribution in [1.82, 2.24) is 0 Å². The third kappa shape index (κ3) is 9.06. The van der Waals surface area contributed by atoms with Crippen molar-refractivity contribution in [3.05, 3.63) is 87.3 Å². The Bertz CT molecular complexity index is 1210. The number of anilines is 1. The summed E-state index contributed by atoms with van der Waals surface area (Å²) in [4.78, 5) is 17.2. The SMILES string of the molecule is CC/C=C(/O)CC(C)C(=O)Nc1ccc(CSC(C)=N/C=C(\C)C(C)(C)c2ccc(C)c(CC)c2)c(Cl)c1. The minimum absolute atomic E-state index is 0.113. The summed E-state index contributed by atoms with van der Waals surface area (Å²) >= 11 is 8.16. The average molecular weight is 555 g/mol. The van der Waals surface area contributed by atoms with E-state index >= 15 is 0 Å². The van der Waals surface area contributed by atoms with Crippen LogP contribution in [0.5, 0.6) is 0 Å². The van der Waals surface area contributed by atoms with Crippen LogP contribution in [0.25, 0.3) is 0 Å². The number of benzene rings is 2. The lowest BCUT2D eigenvalue weighted by Gasteiger charge is -2.27. The highest BCUT2D eigenvalue weighted by Gasteiger charge is 2.23. The van der Waals surface area contributed by atoms with Crippen LogP contribution in [0.3, 0.4) is 0 Å². The molecule has 0 aliphatic carbocycles. The fourth-order valence-corrected chi connectivity index (χ4v) is 5.04. The third-order valence-electron chi connectivity index (χ3n) is 7.04. The second-order valence-electron chi connectivity index (χ2n) is 10.4. The van der Waals surface area contributed by atoms with Gasteiger partial charge in [0.2, 0.25) is 5.91 Å². The Morgan fingerprint density at radius 3 is 2.50 bits per heavy atom. The molecule has 0 heterocycles. The van der Waals surface area contributed by atoms with Gasteiger partial charge in [-0.3, -0.25) is 9.79 Å². The number of carbonyl (C=O) groups is 1. The maximum atomic E-state index is 12.5. The molecule has 2 rings (SSSR count). The van der Waals surface area contributed by atoms with Crippen molar-refractivity contribution >= 4 is 40.0 Å². The molecule has 0 saturated carbocycles. The van der Waals surface area contributed by atoms with E-state index in [0.717, 1.165) is 23.4 Å². The Hall–Kier alpha value is -2.50. The Kier molecular flexibility index (Phi) is 12.2. The third-order valence-corrected chi connectivity index (χ3v) is 8.37. The van der Waals surface area contributed by atoms with Crippen LogP contribution in [0, 0.1) is 12.8 Å². The molecule has 0 spiro atoms. The molecule has 1 atom stereocenters. The van der Waals surface area contributed by atoms with Crippen LogP contribution < -0.4 is 5.32 Å². The molecule has 0 aliphatic rings. The minimum Gasteiger partial charge on any atom is -0.513 e. The fraction of sp³-hybridized carbons (Fsp3) is 0.438. The molecule has 1 amide bonds. The molecule has 0 saturated heterocycles. The molecule has 2 aromatic carbocycles.